The van der Waals surface area contributed by atoms with E-state index >= 15 is 0 Å². The Labute approximate surface area is 184 Å². The van der Waals surface area contributed by atoms with E-state index in [0.717, 1.165) is 30.3 Å². The summed E-state index contributed by atoms with van der Waals surface area (Å²) < 4.78 is 0. The van der Waals surface area contributed by atoms with Crippen molar-refractivity contribution in [1.29, 1.82) is 0 Å². The van der Waals surface area contributed by atoms with Crippen LogP contribution in [0.1, 0.15) is 19.4 Å². The van der Waals surface area contributed by atoms with Gasteiger partial charge >= 0.3 is 0 Å². The first-order chi connectivity index (χ1) is 14.5. The average molecular weight is 428 g/mol. The highest BCUT2D eigenvalue weighted by molar-refractivity contribution is 8.00. The maximum Gasteiger partial charge on any atom is 0.238 e. The van der Waals surface area contributed by atoms with E-state index in [1.54, 1.807) is 0 Å². The number of carbonyl (C=O) groups excluding carboxylic acids is 1. The zero-order chi connectivity index (χ0) is 21.8. The third-order valence-corrected chi connectivity index (χ3v) is 5.19. The highest BCUT2D eigenvalue weighted by Crippen LogP contribution is 2.21. The summed E-state index contributed by atoms with van der Waals surface area (Å²) in [5.41, 5.74) is 1.84. The summed E-state index contributed by atoms with van der Waals surface area (Å²) in [5.74, 6) is 0.764. The monoisotopic (exact) mass is 427 g/mol. The first-order valence-corrected chi connectivity index (χ1v) is 11.1. The van der Waals surface area contributed by atoms with Crippen LogP contribution < -0.4 is 16.0 Å². The minimum Gasteiger partial charge on any atom is -0.357 e. The number of carbonyl (C=O) groups is 1. The van der Waals surface area contributed by atoms with E-state index in [1.165, 1.54) is 4.90 Å². The van der Waals surface area contributed by atoms with Crippen molar-refractivity contribution in [2.75, 3.05) is 39.0 Å². The van der Waals surface area contributed by atoms with E-state index in [4.69, 9.17) is 4.99 Å². The fourth-order valence-corrected chi connectivity index (χ4v) is 3.71. The fraction of sp³-hybridized carbons (Fsp3) is 0.391. The lowest BCUT2D eigenvalue weighted by Crippen LogP contribution is -2.40. The summed E-state index contributed by atoms with van der Waals surface area (Å²) in [6.07, 6.45) is 0. The molecule has 1 amide bonds. The molecule has 3 N–H and O–H groups in total. The number of benzene rings is 2. The molecule has 0 radical (unpaired) electrons. The number of guanidine groups is 1. The standard InChI is InChI=1S/C23H33N5OS/c1-5-24-23(25-15-18(2)30-21-12-7-6-8-13-21)26-16-19-10-9-11-20(14-19)27-22(29)17-28(3)4/h6-14,18H,5,15-17H2,1-4H3,(H,27,29)(H2,24,25,26). The van der Waals surface area contributed by atoms with E-state index < -0.39 is 0 Å². The van der Waals surface area contributed by atoms with Gasteiger partial charge in [-0.15, -0.1) is 11.8 Å². The molecule has 1 atom stereocenters. The molecule has 0 saturated heterocycles. The maximum atomic E-state index is 12.0. The Morgan fingerprint density at radius 1 is 1.10 bits per heavy atom. The average Bonchev–Trinajstić information content (AvgIpc) is 2.70. The van der Waals surface area contributed by atoms with Crippen molar-refractivity contribution < 1.29 is 4.79 Å². The Morgan fingerprint density at radius 2 is 1.87 bits per heavy atom. The molecule has 0 aromatic heterocycles. The Bertz CT molecular complexity index is 810. The summed E-state index contributed by atoms with van der Waals surface area (Å²) in [5, 5.41) is 10.1. The summed E-state index contributed by atoms with van der Waals surface area (Å²) >= 11 is 1.84. The number of nitrogens with zero attached hydrogens (tertiary/aromatic N) is 2. The molecule has 2 aromatic carbocycles. The molecule has 162 valence electrons. The van der Waals surface area contributed by atoms with E-state index in [1.807, 2.05) is 61.1 Å². The van der Waals surface area contributed by atoms with Gasteiger partial charge in [0.2, 0.25) is 5.91 Å². The number of hydrogen-bond donors (Lipinski definition) is 3. The van der Waals surface area contributed by atoms with Gasteiger partial charge in [-0.05, 0) is 50.8 Å². The number of thioether (sulfide) groups is 1. The van der Waals surface area contributed by atoms with Gasteiger partial charge in [-0.3, -0.25) is 4.79 Å². The quantitative estimate of drug-likeness (QED) is 0.308. The van der Waals surface area contributed by atoms with Crippen molar-refractivity contribution in [2.45, 2.75) is 30.5 Å². The Hall–Kier alpha value is -2.51. The first kappa shape index (κ1) is 23.8. The second kappa shape index (κ2) is 12.9. The molecular formula is C23H33N5OS. The number of aliphatic imine (C=N–C) groups is 1. The number of amides is 1. The van der Waals surface area contributed by atoms with Crippen LogP contribution in [0, 0.1) is 0 Å². The van der Waals surface area contributed by atoms with E-state index in [0.29, 0.717) is 18.3 Å². The topological polar surface area (TPSA) is 68.8 Å². The fourth-order valence-electron chi connectivity index (χ4n) is 2.76. The third-order valence-electron chi connectivity index (χ3n) is 4.07. The van der Waals surface area contributed by atoms with Crippen molar-refractivity contribution in [2.24, 2.45) is 4.99 Å². The molecule has 0 fully saturated rings. The molecule has 0 bridgehead atoms. The van der Waals surface area contributed by atoms with E-state index in [9.17, 15) is 4.79 Å². The molecule has 2 aromatic rings. The normalized spacial score (nSPS) is 12.5. The second-order valence-electron chi connectivity index (χ2n) is 7.30. The number of nitrogens with one attached hydrogen (secondary N) is 3. The van der Waals surface area contributed by atoms with E-state index in [-0.39, 0.29) is 5.91 Å². The predicted molar refractivity (Wildman–Crippen MR) is 128 cm³/mol. The van der Waals surface area contributed by atoms with Gasteiger partial charge in [0.1, 0.15) is 0 Å². The molecular weight excluding hydrogens is 394 g/mol. The van der Waals surface area contributed by atoms with Crippen LogP contribution >= 0.6 is 11.8 Å². The molecule has 2 rings (SSSR count). The Morgan fingerprint density at radius 3 is 2.57 bits per heavy atom. The largest absolute Gasteiger partial charge is 0.357 e. The van der Waals surface area contributed by atoms with Gasteiger partial charge in [0.25, 0.3) is 0 Å². The minimum atomic E-state index is -0.0273. The second-order valence-corrected chi connectivity index (χ2v) is 8.82. The molecule has 0 spiro atoms. The van der Waals surface area contributed by atoms with Crippen LogP contribution in [0.4, 0.5) is 5.69 Å². The maximum absolute atomic E-state index is 12.0. The van der Waals surface area contributed by atoms with Crippen LogP contribution in [0.5, 0.6) is 0 Å². The van der Waals surface area contributed by atoms with Crippen LogP contribution in [0.15, 0.2) is 64.5 Å². The Kier molecular flexibility index (Phi) is 10.2. The first-order valence-electron chi connectivity index (χ1n) is 10.2. The van der Waals surface area contributed by atoms with Crippen molar-refractivity contribution in [1.82, 2.24) is 15.5 Å². The van der Waals surface area contributed by atoms with Crippen LogP contribution in [0.25, 0.3) is 0 Å². The molecule has 0 aliphatic heterocycles. The van der Waals surface area contributed by atoms with Crippen molar-refractivity contribution >= 4 is 29.3 Å². The summed E-state index contributed by atoms with van der Waals surface area (Å²) in [6.45, 7) is 6.76. The summed E-state index contributed by atoms with van der Waals surface area (Å²) in [7, 11) is 3.75. The highest BCUT2D eigenvalue weighted by atomic mass is 32.2. The predicted octanol–water partition coefficient (Wildman–Crippen LogP) is 3.42. The number of hydrogen-bond acceptors (Lipinski definition) is 4. The van der Waals surface area contributed by atoms with E-state index in [2.05, 4.69) is 54.1 Å². The molecule has 30 heavy (non-hydrogen) atoms. The van der Waals surface area contributed by atoms with Crippen molar-refractivity contribution in [3.05, 3.63) is 60.2 Å². The van der Waals surface area contributed by atoms with Crippen molar-refractivity contribution in [3.63, 3.8) is 0 Å². The van der Waals surface area contributed by atoms with Crippen LogP contribution in [0.2, 0.25) is 0 Å². The van der Waals surface area contributed by atoms with Gasteiger partial charge in [0.15, 0.2) is 5.96 Å². The molecule has 0 heterocycles. The lowest BCUT2D eigenvalue weighted by atomic mass is 10.2. The van der Waals surface area contributed by atoms with Crippen molar-refractivity contribution in [3.8, 4) is 0 Å². The number of rotatable bonds is 10. The highest BCUT2D eigenvalue weighted by Gasteiger charge is 2.07. The minimum absolute atomic E-state index is 0.0273. The zero-order valence-electron chi connectivity index (χ0n) is 18.3. The molecule has 0 saturated carbocycles. The third kappa shape index (κ3) is 9.33. The van der Waals surface area contributed by atoms with Crippen LogP contribution in [0.3, 0.4) is 0 Å². The lowest BCUT2D eigenvalue weighted by molar-refractivity contribution is -0.116. The Balaban J connectivity index is 1.90. The SMILES string of the molecule is CCNC(=NCc1cccc(NC(=O)CN(C)C)c1)NCC(C)Sc1ccccc1. The molecule has 1 unspecified atom stereocenters. The molecule has 0 aliphatic rings. The smallest absolute Gasteiger partial charge is 0.238 e. The van der Waals surface area contributed by atoms with Crippen LogP contribution in [-0.4, -0.2) is 55.7 Å². The van der Waals surface area contributed by atoms with Gasteiger partial charge in [0.05, 0.1) is 13.1 Å². The zero-order valence-corrected chi connectivity index (χ0v) is 19.1. The lowest BCUT2D eigenvalue weighted by Gasteiger charge is -2.16. The summed E-state index contributed by atoms with van der Waals surface area (Å²) in [4.78, 5) is 19.8. The molecule has 6 nitrogen and oxygen atoms in total. The molecule has 7 heteroatoms. The number of anilines is 1. The van der Waals surface area contributed by atoms with Gasteiger partial charge in [-0.1, -0.05) is 37.3 Å². The van der Waals surface area contributed by atoms with Gasteiger partial charge in [0, 0.05) is 28.9 Å². The van der Waals surface area contributed by atoms with Crippen LogP contribution in [-0.2, 0) is 11.3 Å². The molecule has 0 aliphatic carbocycles. The van der Waals surface area contributed by atoms with Gasteiger partial charge < -0.3 is 20.9 Å². The number of likely N-dealkylation sites (N-methyl/N-ethyl adjacent to an activating group) is 1. The van der Waals surface area contributed by atoms with Gasteiger partial charge in [-0.2, -0.15) is 0 Å². The summed E-state index contributed by atoms with van der Waals surface area (Å²) in [6, 6.07) is 18.2. The van der Waals surface area contributed by atoms with Gasteiger partial charge in [-0.25, -0.2) is 4.99 Å².